The zero-order chi connectivity index (χ0) is 37.7. The summed E-state index contributed by atoms with van der Waals surface area (Å²) in [5.74, 6) is 0.341. The number of amides is 1. The van der Waals surface area contributed by atoms with E-state index < -0.39 is 11.9 Å². The Morgan fingerprint density at radius 2 is 1.53 bits per heavy atom. The van der Waals surface area contributed by atoms with Crippen molar-refractivity contribution in [1.82, 2.24) is 14.9 Å². The van der Waals surface area contributed by atoms with E-state index in [1.54, 1.807) is 50.7 Å². The van der Waals surface area contributed by atoms with E-state index in [1.807, 2.05) is 43.3 Å². The molecule has 2 unspecified atom stereocenters. The highest BCUT2D eigenvalue weighted by molar-refractivity contribution is 7.26. The minimum Gasteiger partial charge on any atom is -0.382 e. The Labute approximate surface area is 312 Å². The summed E-state index contributed by atoms with van der Waals surface area (Å²) < 4.78 is 40.2. The van der Waals surface area contributed by atoms with E-state index >= 15 is 0 Å². The van der Waals surface area contributed by atoms with Crippen LogP contribution in [0, 0.1) is 0 Å². The highest BCUT2D eigenvalue weighted by Gasteiger charge is 2.37. The molecule has 1 saturated heterocycles. The maximum absolute atomic E-state index is 12.7. The quantitative estimate of drug-likeness (QED) is 0.0685. The Morgan fingerprint density at radius 3 is 2.13 bits per heavy atom. The molecule has 17 heteroatoms. The van der Waals surface area contributed by atoms with Crippen LogP contribution in [0.15, 0.2) is 75.8 Å². The molecule has 1 fully saturated rings. The fourth-order valence-electron chi connectivity index (χ4n) is 5.17. The Morgan fingerprint density at radius 1 is 0.906 bits per heavy atom. The van der Waals surface area contributed by atoms with Crippen molar-refractivity contribution in [1.29, 1.82) is 0 Å². The molecule has 53 heavy (non-hydrogen) atoms. The molecule has 2 aromatic carbocycles. The number of ether oxygens (including phenoxy) is 5. The predicted octanol–water partition coefficient (Wildman–Crippen LogP) is 4.87. The van der Waals surface area contributed by atoms with Gasteiger partial charge in [0.25, 0.3) is 5.91 Å². The van der Waals surface area contributed by atoms with E-state index in [1.165, 1.54) is 4.57 Å². The van der Waals surface area contributed by atoms with Crippen LogP contribution in [0.1, 0.15) is 35.8 Å². The predicted molar refractivity (Wildman–Crippen MR) is 203 cm³/mol. The van der Waals surface area contributed by atoms with Crippen LogP contribution in [0.25, 0.3) is 0 Å². The van der Waals surface area contributed by atoms with E-state index in [2.05, 4.69) is 25.8 Å². The average molecular weight is 758 g/mol. The molecule has 1 aromatic heterocycles. The topological polar surface area (TPSA) is 169 Å². The molecule has 290 valence electrons. The first-order valence-electron chi connectivity index (χ1n) is 17.6. The number of anilines is 2. The van der Waals surface area contributed by atoms with Crippen LogP contribution in [0.2, 0.25) is 0 Å². The number of aromatic nitrogens is 2. The minimum atomic E-state index is -0.489. The molecular formula is C36H52N7O9P. The maximum Gasteiger partial charge on any atom is 0.351 e. The average Bonchev–Trinajstić information content (AvgIpc) is 3.56. The molecule has 0 saturated carbocycles. The van der Waals surface area contributed by atoms with E-state index in [9.17, 15) is 9.59 Å². The van der Waals surface area contributed by atoms with Gasteiger partial charge < -0.3 is 48.3 Å². The molecular weight excluding hydrogens is 705 g/mol. The van der Waals surface area contributed by atoms with Gasteiger partial charge in [-0.2, -0.15) is 15.2 Å². The van der Waals surface area contributed by atoms with E-state index in [0.29, 0.717) is 89.2 Å². The number of methoxy groups -OCH3 is 1. The summed E-state index contributed by atoms with van der Waals surface area (Å²) in [4.78, 5) is 31.3. The number of nitrogens with zero attached hydrogens (tertiary/aromatic N) is 5. The lowest BCUT2D eigenvalue weighted by Gasteiger charge is -2.17. The number of nitrogens with one attached hydrogen (secondary N) is 2. The van der Waals surface area contributed by atoms with Gasteiger partial charge in [0.15, 0.2) is 9.03 Å². The third kappa shape index (κ3) is 14.8. The number of azo groups is 1. The Hall–Kier alpha value is -3.86. The second-order valence-corrected chi connectivity index (χ2v) is 13.0. The summed E-state index contributed by atoms with van der Waals surface area (Å²) in [6.45, 7) is 4.36. The lowest BCUT2D eigenvalue weighted by Crippen LogP contribution is -2.28. The second kappa shape index (κ2) is 23.7. The van der Waals surface area contributed by atoms with Gasteiger partial charge in [0.05, 0.1) is 50.5 Å². The van der Waals surface area contributed by atoms with Crippen molar-refractivity contribution in [2.75, 3.05) is 97.9 Å². The smallest absolute Gasteiger partial charge is 0.351 e. The molecule has 1 aliphatic heterocycles. The molecule has 3 aromatic rings. The van der Waals surface area contributed by atoms with Crippen molar-refractivity contribution >= 4 is 37.8 Å². The van der Waals surface area contributed by atoms with Crippen LogP contribution in [-0.4, -0.2) is 115 Å². The van der Waals surface area contributed by atoms with Crippen LogP contribution < -0.4 is 21.2 Å². The van der Waals surface area contributed by atoms with Crippen molar-refractivity contribution in [2.24, 2.45) is 10.2 Å². The van der Waals surface area contributed by atoms with Crippen molar-refractivity contribution in [3.63, 3.8) is 0 Å². The SMILES string of the molecule is COC[C@H]1O[C@@H](n2ccc(NCCCOCCOCCOCCCNC(=O)c3ccc(N=Nc4ccc(N(C)C)cc4)cc3)nc2=O)CC1OPOC. The van der Waals surface area contributed by atoms with Crippen LogP contribution in [0.4, 0.5) is 22.9 Å². The molecule has 0 radical (unpaired) electrons. The van der Waals surface area contributed by atoms with Gasteiger partial charge in [0, 0.05) is 78.5 Å². The van der Waals surface area contributed by atoms with Crippen molar-refractivity contribution in [3.05, 3.63) is 76.8 Å². The molecule has 0 aliphatic carbocycles. The van der Waals surface area contributed by atoms with Crippen LogP contribution in [0.3, 0.4) is 0 Å². The third-order valence-electron chi connectivity index (χ3n) is 7.98. The summed E-state index contributed by atoms with van der Waals surface area (Å²) in [5.41, 5.74) is 2.67. The van der Waals surface area contributed by atoms with Gasteiger partial charge >= 0.3 is 5.69 Å². The fourth-order valence-corrected chi connectivity index (χ4v) is 5.64. The first-order valence-corrected chi connectivity index (χ1v) is 18.4. The number of benzene rings is 2. The van der Waals surface area contributed by atoms with Crippen LogP contribution >= 0.6 is 9.03 Å². The third-order valence-corrected chi connectivity index (χ3v) is 8.54. The molecule has 2 heterocycles. The molecule has 1 aliphatic rings. The zero-order valence-electron chi connectivity index (χ0n) is 30.9. The number of rotatable bonds is 25. The van der Waals surface area contributed by atoms with Gasteiger partial charge in [-0.15, -0.1) is 0 Å². The molecule has 4 rings (SSSR count). The minimum absolute atomic E-state index is 0.112. The van der Waals surface area contributed by atoms with Gasteiger partial charge in [0.1, 0.15) is 18.1 Å². The van der Waals surface area contributed by atoms with Crippen molar-refractivity contribution in [2.45, 2.75) is 37.7 Å². The summed E-state index contributed by atoms with van der Waals surface area (Å²) in [5, 5.41) is 14.6. The van der Waals surface area contributed by atoms with Gasteiger partial charge in [0.2, 0.25) is 0 Å². The molecule has 16 nitrogen and oxygen atoms in total. The van der Waals surface area contributed by atoms with Gasteiger partial charge in [-0.05, 0) is 67.4 Å². The molecule has 1 amide bonds. The molecule has 0 bridgehead atoms. The summed E-state index contributed by atoms with van der Waals surface area (Å²) in [7, 11) is 7.02. The number of hydrogen-bond donors (Lipinski definition) is 2. The summed E-state index contributed by atoms with van der Waals surface area (Å²) in [6, 6.07) is 16.5. The molecule has 0 spiro atoms. The summed E-state index contributed by atoms with van der Waals surface area (Å²) >= 11 is 0. The standard InChI is InChI=1S/C36H52N7O9P/c1-42(2)30-13-11-29(12-14-30)41-40-28-9-7-27(8-10-28)35(44)38-17-6-20-49-22-24-50-23-21-48-19-5-16-37-33-15-18-43(36(45)39-33)34-25-31(52-53-47-4)32(51-34)26-46-3/h7-15,18,31-32,34,53H,5-6,16-17,19-26H2,1-4H3,(H,38,44)(H,37,39,45)/t31?,32-,34-/m1/s1. The highest BCUT2D eigenvalue weighted by atomic mass is 31.1. The molecule has 4 atom stereocenters. The Balaban J connectivity index is 0.962. The summed E-state index contributed by atoms with van der Waals surface area (Å²) in [6.07, 6.45) is 2.57. The second-order valence-electron chi connectivity index (χ2n) is 12.2. The van der Waals surface area contributed by atoms with Gasteiger partial charge in [-0.1, -0.05) is 0 Å². The van der Waals surface area contributed by atoms with Gasteiger partial charge in [-0.3, -0.25) is 9.36 Å². The van der Waals surface area contributed by atoms with E-state index in [-0.39, 0.29) is 27.1 Å². The number of hydrogen-bond acceptors (Lipinski definition) is 14. The first-order chi connectivity index (χ1) is 25.9. The highest BCUT2D eigenvalue weighted by Crippen LogP contribution is 2.34. The fraction of sp³-hybridized carbons (Fsp3) is 0.528. The van der Waals surface area contributed by atoms with E-state index in [4.69, 9.17) is 32.7 Å². The first kappa shape index (κ1) is 41.9. The van der Waals surface area contributed by atoms with E-state index in [0.717, 1.165) is 17.8 Å². The number of carbonyl (C=O) groups excluding carboxylic acids is 1. The maximum atomic E-state index is 12.7. The normalized spacial score (nSPS) is 17.2. The largest absolute Gasteiger partial charge is 0.382 e. The Kier molecular flexibility index (Phi) is 18.8. The number of carbonyl (C=O) groups is 1. The zero-order valence-corrected chi connectivity index (χ0v) is 31.9. The van der Waals surface area contributed by atoms with Crippen molar-refractivity contribution in [3.8, 4) is 0 Å². The lowest BCUT2D eigenvalue weighted by atomic mass is 10.2. The van der Waals surface area contributed by atoms with Crippen LogP contribution in [0.5, 0.6) is 0 Å². The lowest BCUT2D eigenvalue weighted by molar-refractivity contribution is -0.0504. The van der Waals surface area contributed by atoms with Crippen molar-refractivity contribution < 1.29 is 37.5 Å². The molecule has 2 N–H and O–H groups in total. The monoisotopic (exact) mass is 757 g/mol. The Bertz CT molecular complexity index is 1580. The van der Waals surface area contributed by atoms with Crippen LogP contribution in [-0.2, 0) is 32.7 Å². The van der Waals surface area contributed by atoms with Gasteiger partial charge in [-0.25, -0.2) is 4.79 Å².